The Balaban J connectivity index is 2.59. The Kier molecular flexibility index (Phi) is 4.58. The number of anilines is 1. The van der Waals surface area contributed by atoms with Gasteiger partial charge >= 0.3 is 0 Å². The smallest absolute Gasteiger partial charge is 0.123 e. The minimum Gasteiger partial charge on any atom is -0.395 e. The minimum atomic E-state index is 0.0805. The van der Waals surface area contributed by atoms with E-state index in [1.807, 2.05) is 36.4 Å². The van der Waals surface area contributed by atoms with Crippen molar-refractivity contribution in [1.82, 2.24) is 0 Å². The summed E-state index contributed by atoms with van der Waals surface area (Å²) in [4.78, 5) is 2.17. The van der Waals surface area contributed by atoms with Crippen molar-refractivity contribution < 1.29 is 5.11 Å². The molecule has 0 saturated carbocycles. The quantitative estimate of drug-likeness (QED) is 0.557. The molecule has 0 saturated heterocycles. The van der Waals surface area contributed by atoms with Crippen LogP contribution >= 0.6 is 0 Å². The van der Waals surface area contributed by atoms with E-state index in [2.05, 4.69) is 11.8 Å². The lowest BCUT2D eigenvalue weighted by Gasteiger charge is -2.25. The van der Waals surface area contributed by atoms with Gasteiger partial charge < -0.3 is 15.7 Å². The van der Waals surface area contributed by atoms with Crippen molar-refractivity contribution in [3.05, 3.63) is 42.0 Å². The maximum Gasteiger partial charge on any atom is 0.123 e. The van der Waals surface area contributed by atoms with E-state index in [1.54, 1.807) is 0 Å². The first kappa shape index (κ1) is 14.3. The summed E-state index contributed by atoms with van der Waals surface area (Å²) in [7, 11) is 0. The van der Waals surface area contributed by atoms with Crippen LogP contribution in [0.2, 0.25) is 0 Å². The van der Waals surface area contributed by atoms with Gasteiger partial charge in [-0.15, -0.1) is 0 Å². The highest BCUT2D eigenvalue weighted by Crippen LogP contribution is 2.29. The molecule has 0 unspecified atom stereocenters. The van der Waals surface area contributed by atoms with E-state index in [1.165, 1.54) is 0 Å². The Hall–Kier alpha value is -2.07. The summed E-state index contributed by atoms with van der Waals surface area (Å²) in [6.45, 7) is 3.75. The van der Waals surface area contributed by atoms with Crippen molar-refractivity contribution >= 4 is 22.3 Å². The molecule has 0 spiro atoms. The van der Waals surface area contributed by atoms with E-state index in [-0.39, 0.29) is 12.4 Å². The number of nitrogen functional groups attached to an aromatic ring is 1. The number of rotatable bonds is 6. The maximum atomic E-state index is 9.24. The number of benzene rings is 2. The number of nitrogens with zero attached hydrogens (tertiary/aromatic N) is 1. The molecular formula is C16H21N3O. The molecular weight excluding hydrogens is 250 g/mol. The van der Waals surface area contributed by atoms with Gasteiger partial charge in [0.25, 0.3) is 0 Å². The van der Waals surface area contributed by atoms with Crippen LogP contribution in [0, 0.1) is 5.41 Å². The molecule has 0 amide bonds. The van der Waals surface area contributed by atoms with Crippen molar-refractivity contribution in [2.45, 2.75) is 13.3 Å². The van der Waals surface area contributed by atoms with Gasteiger partial charge in [-0.1, -0.05) is 31.2 Å². The summed E-state index contributed by atoms with van der Waals surface area (Å²) < 4.78 is 0. The molecule has 106 valence electrons. The molecule has 0 aliphatic rings. The number of nitrogens with one attached hydrogen (secondary N) is 1. The van der Waals surface area contributed by atoms with E-state index in [9.17, 15) is 5.11 Å². The molecule has 0 atom stereocenters. The van der Waals surface area contributed by atoms with Gasteiger partial charge in [-0.2, -0.15) is 0 Å². The molecule has 20 heavy (non-hydrogen) atoms. The van der Waals surface area contributed by atoms with Crippen molar-refractivity contribution in [3.8, 4) is 0 Å². The van der Waals surface area contributed by atoms with E-state index in [0.29, 0.717) is 6.54 Å². The van der Waals surface area contributed by atoms with E-state index in [4.69, 9.17) is 11.1 Å². The predicted molar refractivity (Wildman–Crippen MR) is 84.6 cm³/mol. The van der Waals surface area contributed by atoms with Gasteiger partial charge in [-0.05, 0) is 23.9 Å². The van der Waals surface area contributed by atoms with Crippen LogP contribution in [0.3, 0.4) is 0 Å². The lowest BCUT2D eigenvalue weighted by atomic mass is 10.0. The van der Waals surface area contributed by atoms with Crippen LogP contribution < -0.4 is 10.6 Å². The lowest BCUT2D eigenvalue weighted by molar-refractivity contribution is 0.302. The Morgan fingerprint density at radius 3 is 2.45 bits per heavy atom. The van der Waals surface area contributed by atoms with Crippen molar-refractivity contribution in [2.24, 2.45) is 5.73 Å². The van der Waals surface area contributed by atoms with Gasteiger partial charge in [0.2, 0.25) is 0 Å². The fourth-order valence-corrected chi connectivity index (χ4v) is 2.54. The van der Waals surface area contributed by atoms with E-state index in [0.717, 1.165) is 35.0 Å². The first-order valence-electron chi connectivity index (χ1n) is 6.91. The number of aliphatic hydroxyl groups excluding tert-OH is 1. The molecule has 0 aliphatic heterocycles. The van der Waals surface area contributed by atoms with E-state index >= 15 is 0 Å². The largest absolute Gasteiger partial charge is 0.395 e. The van der Waals surface area contributed by atoms with Gasteiger partial charge in [0.15, 0.2) is 0 Å². The number of nitrogens with two attached hydrogens (primary N) is 1. The topological polar surface area (TPSA) is 73.3 Å². The third kappa shape index (κ3) is 2.75. The lowest BCUT2D eigenvalue weighted by Crippen LogP contribution is -2.27. The van der Waals surface area contributed by atoms with Gasteiger partial charge in [0.05, 0.1) is 6.61 Å². The molecule has 0 bridgehead atoms. The average molecular weight is 271 g/mol. The second-order valence-electron chi connectivity index (χ2n) is 4.80. The van der Waals surface area contributed by atoms with Gasteiger partial charge in [-0.25, -0.2) is 0 Å². The summed E-state index contributed by atoms with van der Waals surface area (Å²) in [5.41, 5.74) is 7.49. The molecule has 2 rings (SSSR count). The van der Waals surface area contributed by atoms with Crippen LogP contribution in [-0.4, -0.2) is 30.6 Å². The standard InChI is InChI=1S/C16H21N3O/c1-2-9-19(10-11-20)15-8-7-14(16(17)18)12-5-3-4-6-13(12)15/h3-8,20H,2,9-11H2,1H3,(H3,17,18). The highest BCUT2D eigenvalue weighted by atomic mass is 16.3. The molecule has 0 fully saturated rings. The predicted octanol–water partition coefficient (Wildman–Crippen LogP) is 2.33. The average Bonchev–Trinajstić information content (AvgIpc) is 2.45. The number of amidine groups is 1. The summed E-state index contributed by atoms with van der Waals surface area (Å²) in [6, 6.07) is 11.8. The van der Waals surface area contributed by atoms with Gasteiger partial charge in [0, 0.05) is 29.7 Å². The summed E-state index contributed by atoms with van der Waals surface area (Å²) in [6.07, 6.45) is 1.02. The maximum absolute atomic E-state index is 9.24. The first-order valence-corrected chi connectivity index (χ1v) is 6.91. The summed E-state index contributed by atoms with van der Waals surface area (Å²) in [5.74, 6) is 0.0805. The fraction of sp³-hybridized carbons (Fsp3) is 0.312. The van der Waals surface area contributed by atoms with Crippen LogP contribution in [0.25, 0.3) is 10.8 Å². The Labute approximate surface area is 119 Å². The third-order valence-electron chi connectivity index (χ3n) is 3.40. The van der Waals surface area contributed by atoms with Crippen LogP contribution in [0.4, 0.5) is 5.69 Å². The molecule has 4 heteroatoms. The fourth-order valence-electron chi connectivity index (χ4n) is 2.54. The molecule has 0 aliphatic carbocycles. The number of hydrogen-bond donors (Lipinski definition) is 3. The highest BCUT2D eigenvalue weighted by molar-refractivity contribution is 6.10. The number of fused-ring (bicyclic) bond motifs is 1. The monoisotopic (exact) mass is 271 g/mol. The summed E-state index contributed by atoms with van der Waals surface area (Å²) in [5, 5.41) is 19.0. The number of hydrogen-bond acceptors (Lipinski definition) is 3. The SMILES string of the molecule is CCCN(CCO)c1ccc(C(=N)N)c2ccccc12. The molecule has 2 aromatic rings. The number of aliphatic hydroxyl groups is 1. The highest BCUT2D eigenvalue weighted by Gasteiger charge is 2.12. The second-order valence-corrected chi connectivity index (χ2v) is 4.80. The third-order valence-corrected chi connectivity index (χ3v) is 3.40. The molecule has 0 aromatic heterocycles. The molecule has 0 radical (unpaired) electrons. The Morgan fingerprint density at radius 2 is 1.85 bits per heavy atom. The zero-order chi connectivity index (χ0) is 14.5. The first-order chi connectivity index (χ1) is 9.69. The van der Waals surface area contributed by atoms with Gasteiger partial charge in [0.1, 0.15) is 5.84 Å². The van der Waals surface area contributed by atoms with Gasteiger partial charge in [-0.3, -0.25) is 5.41 Å². The molecule has 2 aromatic carbocycles. The van der Waals surface area contributed by atoms with Crippen molar-refractivity contribution in [1.29, 1.82) is 5.41 Å². The van der Waals surface area contributed by atoms with Crippen LogP contribution in [0.5, 0.6) is 0 Å². The minimum absolute atomic E-state index is 0.0805. The Bertz CT molecular complexity index is 604. The Morgan fingerprint density at radius 1 is 1.15 bits per heavy atom. The van der Waals surface area contributed by atoms with Crippen LogP contribution in [0.15, 0.2) is 36.4 Å². The van der Waals surface area contributed by atoms with Crippen molar-refractivity contribution in [2.75, 3.05) is 24.6 Å². The molecule has 4 N–H and O–H groups in total. The normalized spacial score (nSPS) is 10.7. The zero-order valence-electron chi connectivity index (χ0n) is 11.8. The molecule has 0 heterocycles. The summed E-state index contributed by atoms with van der Waals surface area (Å²) >= 11 is 0. The van der Waals surface area contributed by atoms with Crippen LogP contribution in [0.1, 0.15) is 18.9 Å². The van der Waals surface area contributed by atoms with E-state index < -0.39 is 0 Å². The second kappa shape index (κ2) is 6.39. The van der Waals surface area contributed by atoms with Crippen molar-refractivity contribution in [3.63, 3.8) is 0 Å². The molecule has 4 nitrogen and oxygen atoms in total. The van der Waals surface area contributed by atoms with Crippen LogP contribution in [-0.2, 0) is 0 Å². The zero-order valence-corrected chi connectivity index (χ0v) is 11.8.